The molecule has 3 nitrogen and oxygen atoms in total. The van der Waals surface area contributed by atoms with Gasteiger partial charge in [0.15, 0.2) is 0 Å². The lowest BCUT2D eigenvalue weighted by Gasteiger charge is -2.09. The molecule has 0 saturated carbocycles. The summed E-state index contributed by atoms with van der Waals surface area (Å²) in [6, 6.07) is 4.81. The van der Waals surface area contributed by atoms with Crippen molar-refractivity contribution in [3.63, 3.8) is 0 Å². The normalized spacial score (nSPS) is 10.8. The fourth-order valence-electron chi connectivity index (χ4n) is 1.82. The molecule has 0 bridgehead atoms. The molecule has 1 aromatic heterocycles. The molecule has 5 heteroatoms. The zero-order valence-electron chi connectivity index (χ0n) is 11.2. The average Bonchev–Trinajstić information content (AvgIpc) is 2.67. The Labute approximate surface area is 117 Å². The van der Waals surface area contributed by atoms with Crippen LogP contribution in [0.1, 0.15) is 23.9 Å². The monoisotopic (exact) mass is 282 g/mol. The Balaban J connectivity index is 2.16. The summed E-state index contributed by atoms with van der Waals surface area (Å²) in [5.74, 6) is 0.212. The number of aryl methyl sites for hydroxylation is 3. The minimum Gasteiger partial charge on any atom is -0.487 e. The molecule has 2 rings (SSSR count). The van der Waals surface area contributed by atoms with Crippen molar-refractivity contribution >= 4 is 11.6 Å². The first-order chi connectivity index (χ1) is 9.02. The number of halogens is 2. The van der Waals surface area contributed by atoms with Crippen molar-refractivity contribution in [3.8, 4) is 5.75 Å². The maximum absolute atomic E-state index is 13.4. The average molecular weight is 283 g/mol. The van der Waals surface area contributed by atoms with Crippen LogP contribution >= 0.6 is 11.6 Å². The van der Waals surface area contributed by atoms with Crippen molar-refractivity contribution in [2.75, 3.05) is 0 Å². The summed E-state index contributed by atoms with van der Waals surface area (Å²) >= 11 is 6.18. The van der Waals surface area contributed by atoms with Gasteiger partial charge in [-0.2, -0.15) is 5.10 Å². The number of ether oxygens (including phenoxy) is 1. The first kappa shape index (κ1) is 13.9. The predicted octanol–water partition coefficient (Wildman–Crippen LogP) is 3.89. The van der Waals surface area contributed by atoms with E-state index in [0.29, 0.717) is 22.9 Å². The third-order valence-electron chi connectivity index (χ3n) is 2.97. The molecule has 0 unspecified atom stereocenters. The van der Waals surface area contributed by atoms with E-state index in [-0.39, 0.29) is 12.4 Å². The van der Waals surface area contributed by atoms with Gasteiger partial charge in [-0.3, -0.25) is 4.68 Å². The van der Waals surface area contributed by atoms with Gasteiger partial charge in [-0.25, -0.2) is 4.39 Å². The molecule has 0 fully saturated rings. The van der Waals surface area contributed by atoms with Crippen LogP contribution in [0.15, 0.2) is 18.2 Å². The highest BCUT2D eigenvalue weighted by atomic mass is 35.5. The van der Waals surface area contributed by atoms with Gasteiger partial charge < -0.3 is 4.74 Å². The van der Waals surface area contributed by atoms with Crippen LogP contribution in [0, 0.1) is 19.7 Å². The molecule has 19 heavy (non-hydrogen) atoms. The molecule has 0 amide bonds. The SMILES string of the molecule is CCn1nc(C)c(Cl)c1COc1ccc(C)c(F)c1. The van der Waals surface area contributed by atoms with Gasteiger partial charge in [0.05, 0.1) is 16.4 Å². The summed E-state index contributed by atoms with van der Waals surface area (Å²) in [4.78, 5) is 0. The van der Waals surface area contributed by atoms with Crippen LogP contribution in [0.5, 0.6) is 5.75 Å². The molecule has 0 radical (unpaired) electrons. The van der Waals surface area contributed by atoms with Crippen molar-refractivity contribution in [1.29, 1.82) is 0 Å². The minimum absolute atomic E-state index is 0.274. The highest BCUT2D eigenvalue weighted by Crippen LogP contribution is 2.23. The molecular weight excluding hydrogens is 267 g/mol. The lowest BCUT2D eigenvalue weighted by molar-refractivity contribution is 0.291. The van der Waals surface area contributed by atoms with Gasteiger partial charge in [0.2, 0.25) is 0 Å². The Bertz CT molecular complexity index is 595. The zero-order chi connectivity index (χ0) is 14.0. The van der Waals surface area contributed by atoms with Gasteiger partial charge in [0.25, 0.3) is 0 Å². The van der Waals surface area contributed by atoms with Crippen LogP contribution in [0.2, 0.25) is 5.02 Å². The molecule has 0 aliphatic rings. The van der Waals surface area contributed by atoms with E-state index in [1.807, 2.05) is 13.8 Å². The van der Waals surface area contributed by atoms with Crippen LogP contribution in [-0.2, 0) is 13.2 Å². The molecule has 0 aliphatic heterocycles. The molecular formula is C14H16ClFN2O. The van der Waals surface area contributed by atoms with Crippen molar-refractivity contribution in [1.82, 2.24) is 9.78 Å². The number of nitrogens with zero attached hydrogens (tertiary/aromatic N) is 2. The predicted molar refractivity (Wildman–Crippen MR) is 73.1 cm³/mol. The molecule has 2 aromatic rings. The zero-order valence-corrected chi connectivity index (χ0v) is 12.0. The van der Waals surface area contributed by atoms with Crippen LogP contribution < -0.4 is 4.74 Å². The van der Waals surface area contributed by atoms with Gasteiger partial charge in [0.1, 0.15) is 18.2 Å². The lowest BCUT2D eigenvalue weighted by atomic mass is 10.2. The van der Waals surface area contributed by atoms with E-state index in [2.05, 4.69) is 5.10 Å². The Kier molecular flexibility index (Phi) is 4.10. The standard InChI is InChI=1S/C14H16ClFN2O/c1-4-18-13(14(15)10(3)17-18)8-19-11-6-5-9(2)12(16)7-11/h5-7H,4,8H2,1-3H3. The Morgan fingerprint density at radius 3 is 2.74 bits per heavy atom. The molecule has 0 spiro atoms. The number of aromatic nitrogens is 2. The van der Waals surface area contributed by atoms with Crippen LogP contribution in [0.3, 0.4) is 0 Å². The van der Waals surface area contributed by atoms with Crippen molar-refractivity contribution in [3.05, 3.63) is 46.0 Å². The van der Waals surface area contributed by atoms with E-state index in [9.17, 15) is 4.39 Å². The molecule has 0 aliphatic carbocycles. The second-order valence-corrected chi connectivity index (χ2v) is 4.74. The fourth-order valence-corrected chi connectivity index (χ4v) is 2.01. The van der Waals surface area contributed by atoms with Gasteiger partial charge in [-0.05, 0) is 32.4 Å². The third-order valence-corrected chi connectivity index (χ3v) is 3.46. The summed E-state index contributed by atoms with van der Waals surface area (Å²) < 4.78 is 20.8. The third kappa shape index (κ3) is 2.89. The van der Waals surface area contributed by atoms with E-state index in [0.717, 1.165) is 11.4 Å². The molecule has 0 atom stereocenters. The van der Waals surface area contributed by atoms with Gasteiger partial charge in [-0.1, -0.05) is 17.7 Å². The van der Waals surface area contributed by atoms with E-state index in [4.69, 9.17) is 16.3 Å². The van der Waals surface area contributed by atoms with E-state index < -0.39 is 0 Å². The van der Waals surface area contributed by atoms with Crippen LogP contribution in [0.25, 0.3) is 0 Å². The number of rotatable bonds is 4. The Morgan fingerprint density at radius 1 is 1.37 bits per heavy atom. The van der Waals surface area contributed by atoms with Gasteiger partial charge >= 0.3 is 0 Å². The maximum Gasteiger partial charge on any atom is 0.131 e. The summed E-state index contributed by atoms with van der Waals surface area (Å²) in [7, 11) is 0. The first-order valence-corrected chi connectivity index (χ1v) is 6.51. The number of benzene rings is 1. The summed E-state index contributed by atoms with van der Waals surface area (Å²) in [6.07, 6.45) is 0. The highest BCUT2D eigenvalue weighted by Gasteiger charge is 2.13. The molecule has 0 N–H and O–H groups in total. The minimum atomic E-state index is -0.274. The summed E-state index contributed by atoms with van der Waals surface area (Å²) in [5.41, 5.74) is 2.18. The number of hydrogen-bond acceptors (Lipinski definition) is 2. The quantitative estimate of drug-likeness (QED) is 0.851. The number of hydrogen-bond donors (Lipinski definition) is 0. The van der Waals surface area contributed by atoms with Crippen LogP contribution in [0.4, 0.5) is 4.39 Å². The van der Waals surface area contributed by atoms with E-state index in [1.54, 1.807) is 23.7 Å². The Hall–Kier alpha value is -1.55. The van der Waals surface area contributed by atoms with Crippen molar-refractivity contribution in [2.24, 2.45) is 0 Å². The molecule has 1 aromatic carbocycles. The molecule has 102 valence electrons. The summed E-state index contributed by atoms with van der Waals surface area (Å²) in [6.45, 7) is 6.54. The smallest absolute Gasteiger partial charge is 0.131 e. The fraction of sp³-hybridized carbons (Fsp3) is 0.357. The van der Waals surface area contributed by atoms with Gasteiger partial charge in [0, 0.05) is 12.6 Å². The van der Waals surface area contributed by atoms with Gasteiger partial charge in [-0.15, -0.1) is 0 Å². The van der Waals surface area contributed by atoms with Crippen molar-refractivity contribution in [2.45, 2.75) is 33.9 Å². The second-order valence-electron chi connectivity index (χ2n) is 4.36. The lowest BCUT2D eigenvalue weighted by Crippen LogP contribution is -2.06. The molecule has 0 saturated heterocycles. The largest absolute Gasteiger partial charge is 0.487 e. The Morgan fingerprint density at radius 2 is 2.11 bits per heavy atom. The van der Waals surface area contributed by atoms with Crippen molar-refractivity contribution < 1.29 is 9.13 Å². The topological polar surface area (TPSA) is 27.1 Å². The second kappa shape index (κ2) is 5.61. The summed E-state index contributed by atoms with van der Waals surface area (Å²) in [5, 5.41) is 4.91. The molecule has 1 heterocycles. The van der Waals surface area contributed by atoms with E-state index >= 15 is 0 Å². The highest BCUT2D eigenvalue weighted by molar-refractivity contribution is 6.31. The van der Waals surface area contributed by atoms with Crippen LogP contribution in [-0.4, -0.2) is 9.78 Å². The first-order valence-electron chi connectivity index (χ1n) is 6.13. The van der Waals surface area contributed by atoms with E-state index in [1.165, 1.54) is 6.07 Å². The maximum atomic E-state index is 13.4.